The summed E-state index contributed by atoms with van der Waals surface area (Å²) in [6, 6.07) is 0. The second-order valence-corrected chi connectivity index (χ2v) is 2.78. The monoisotopic (exact) mass is 146 g/mol. The lowest BCUT2D eigenvalue weighted by molar-refractivity contribution is 0.770. The van der Waals surface area contributed by atoms with Gasteiger partial charge in [0.05, 0.1) is 5.82 Å². The number of hydrogen-bond donors (Lipinski definition) is 2. The summed E-state index contributed by atoms with van der Waals surface area (Å²) in [5, 5.41) is 2.95. The van der Waals surface area contributed by atoms with Gasteiger partial charge in [-0.15, -0.1) is 0 Å². The zero-order valence-electron chi connectivity index (χ0n) is 5.81. The number of thioether (sulfide) groups is 1. The van der Waals surface area contributed by atoms with E-state index in [4.69, 9.17) is 5.73 Å². The van der Waals surface area contributed by atoms with E-state index in [-0.39, 0.29) is 0 Å². The highest BCUT2D eigenvalue weighted by atomic mass is 32.2. The third-order valence-corrected chi connectivity index (χ3v) is 1.57. The van der Waals surface area contributed by atoms with Gasteiger partial charge in [0, 0.05) is 6.54 Å². The van der Waals surface area contributed by atoms with Crippen molar-refractivity contribution in [2.45, 2.75) is 6.42 Å². The minimum absolute atomic E-state index is 0.566. The molecule has 9 heavy (non-hydrogen) atoms. The Morgan fingerprint density at radius 3 is 2.89 bits per heavy atom. The first kappa shape index (κ1) is 8.69. The maximum Gasteiger partial charge on any atom is 0.0885 e. The summed E-state index contributed by atoms with van der Waals surface area (Å²) in [6.45, 7) is 4.45. The van der Waals surface area contributed by atoms with Crippen LogP contribution >= 0.6 is 11.8 Å². The molecule has 54 valence electrons. The Morgan fingerprint density at radius 2 is 2.44 bits per heavy atom. The predicted octanol–water partition coefficient (Wildman–Crippen LogP) is 0.759. The van der Waals surface area contributed by atoms with Gasteiger partial charge in [0.25, 0.3) is 0 Å². The van der Waals surface area contributed by atoms with E-state index in [9.17, 15) is 0 Å². The fraction of sp³-hybridized carbons (Fsp3) is 0.667. The normalized spacial score (nSPS) is 9.00. The molecule has 0 unspecified atom stereocenters. The molecule has 0 aliphatic carbocycles. The molecule has 3 heteroatoms. The van der Waals surface area contributed by atoms with Gasteiger partial charge in [0.15, 0.2) is 0 Å². The molecule has 0 rings (SSSR count). The van der Waals surface area contributed by atoms with E-state index in [1.54, 1.807) is 0 Å². The van der Waals surface area contributed by atoms with Gasteiger partial charge in [0.2, 0.25) is 0 Å². The number of nitrogens with one attached hydrogen (secondary N) is 1. The van der Waals surface area contributed by atoms with Crippen LogP contribution in [0.3, 0.4) is 0 Å². The number of nitrogens with two attached hydrogens (primary N) is 1. The van der Waals surface area contributed by atoms with E-state index < -0.39 is 0 Å². The third-order valence-electron chi connectivity index (χ3n) is 0.877. The zero-order chi connectivity index (χ0) is 7.11. The summed E-state index contributed by atoms with van der Waals surface area (Å²) in [5.74, 6) is 1.75. The van der Waals surface area contributed by atoms with Gasteiger partial charge in [-0.25, -0.2) is 0 Å². The molecular weight excluding hydrogens is 132 g/mol. The Kier molecular flexibility index (Phi) is 5.62. The highest BCUT2D eigenvalue weighted by molar-refractivity contribution is 7.98. The molecule has 2 nitrogen and oxygen atoms in total. The van der Waals surface area contributed by atoms with Crippen LogP contribution in [0, 0.1) is 0 Å². The summed E-state index contributed by atoms with van der Waals surface area (Å²) in [7, 11) is 0. The molecule has 0 bridgehead atoms. The van der Waals surface area contributed by atoms with E-state index in [0.29, 0.717) is 5.82 Å². The van der Waals surface area contributed by atoms with Gasteiger partial charge in [-0.1, -0.05) is 6.58 Å². The minimum atomic E-state index is 0.566. The van der Waals surface area contributed by atoms with Crippen LogP contribution in [-0.2, 0) is 0 Å². The van der Waals surface area contributed by atoms with E-state index in [1.807, 2.05) is 11.8 Å². The van der Waals surface area contributed by atoms with Gasteiger partial charge >= 0.3 is 0 Å². The lowest BCUT2D eigenvalue weighted by atomic mass is 10.5. The van der Waals surface area contributed by atoms with E-state index >= 15 is 0 Å². The largest absolute Gasteiger partial charge is 0.386 e. The van der Waals surface area contributed by atoms with Gasteiger partial charge < -0.3 is 11.1 Å². The minimum Gasteiger partial charge on any atom is -0.386 e. The smallest absolute Gasteiger partial charge is 0.0885 e. The Hall–Kier alpha value is -0.310. The second-order valence-electron chi connectivity index (χ2n) is 1.80. The maximum absolute atomic E-state index is 5.26. The van der Waals surface area contributed by atoms with Crippen molar-refractivity contribution in [3.05, 3.63) is 12.4 Å². The quantitative estimate of drug-likeness (QED) is 0.562. The lowest BCUT2D eigenvalue weighted by Crippen LogP contribution is -2.20. The first-order valence-corrected chi connectivity index (χ1v) is 4.34. The lowest BCUT2D eigenvalue weighted by Gasteiger charge is -2.01. The zero-order valence-corrected chi connectivity index (χ0v) is 6.63. The standard InChI is InChI=1S/C6H14N2S/c1-6(7)8-4-3-5-9-2/h8H,1,3-5,7H2,2H3. The molecular formula is C6H14N2S. The molecule has 0 aromatic carbocycles. The van der Waals surface area contributed by atoms with Gasteiger partial charge in [-0.3, -0.25) is 0 Å². The van der Waals surface area contributed by atoms with Crippen LogP contribution in [0.1, 0.15) is 6.42 Å². The fourth-order valence-electron chi connectivity index (χ4n) is 0.465. The molecule has 0 aromatic rings. The van der Waals surface area contributed by atoms with Crippen LogP contribution in [0.15, 0.2) is 12.4 Å². The van der Waals surface area contributed by atoms with Crippen molar-refractivity contribution in [2.75, 3.05) is 18.6 Å². The van der Waals surface area contributed by atoms with Gasteiger partial charge in [-0.05, 0) is 18.4 Å². The van der Waals surface area contributed by atoms with Gasteiger partial charge in [0.1, 0.15) is 0 Å². The molecule has 0 aliphatic heterocycles. The average molecular weight is 146 g/mol. The molecule has 0 heterocycles. The highest BCUT2D eigenvalue weighted by Crippen LogP contribution is 1.93. The number of rotatable bonds is 5. The van der Waals surface area contributed by atoms with Crippen LogP contribution in [0.25, 0.3) is 0 Å². The average Bonchev–Trinajstić information content (AvgIpc) is 1.80. The van der Waals surface area contributed by atoms with Crippen LogP contribution in [0.2, 0.25) is 0 Å². The molecule has 0 saturated heterocycles. The molecule has 0 fully saturated rings. The second kappa shape index (κ2) is 5.82. The van der Waals surface area contributed by atoms with Gasteiger partial charge in [-0.2, -0.15) is 11.8 Å². The van der Waals surface area contributed by atoms with Crippen LogP contribution in [0.5, 0.6) is 0 Å². The fourth-order valence-corrected chi connectivity index (χ4v) is 0.898. The molecule has 0 radical (unpaired) electrons. The molecule has 0 saturated carbocycles. The Morgan fingerprint density at radius 1 is 1.78 bits per heavy atom. The van der Waals surface area contributed by atoms with Crippen LogP contribution in [-0.4, -0.2) is 18.6 Å². The first-order valence-electron chi connectivity index (χ1n) is 2.94. The third kappa shape index (κ3) is 7.69. The molecule has 0 spiro atoms. The maximum atomic E-state index is 5.26. The Labute approximate surface area is 60.9 Å². The summed E-state index contributed by atoms with van der Waals surface area (Å²) >= 11 is 1.84. The van der Waals surface area contributed by atoms with Crippen molar-refractivity contribution >= 4 is 11.8 Å². The molecule has 0 aromatic heterocycles. The van der Waals surface area contributed by atoms with Crippen molar-refractivity contribution in [1.82, 2.24) is 5.32 Å². The van der Waals surface area contributed by atoms with Crippen molar-refractivity contribution in [3.63, 3.8) is 0 Å². The summed E-state index contributed by atoms with van der Waals surface area (Å²) in [6.07, 6.45) is 3.24. The van der Waals surface area contributed by atoms with E-state index in [1.165, 1.54) is 5.75 Å². The van der Waals surface area contributed by atoms with E-state index in [0.717, 1.165) is 13.0 Å². The predicted molar refractivity (Wildman–Crippen MR) is 44.3 cm³/mol. The van der Waals surface area contributed by atoms with Crippen molar-refractivity contribution < 1.29 is 0 Å². The molecule has 0 aliphatic rings. The van der Waals surface area contributed by atoms with Crippen molar-refractivity contribution in [1.29, 1.82) is 0 Å². The molecule has 0 amide bonds. The summed E-state index contributed by atoms with van der Waals surface area (Å²) in [4.78, 5) is 0. The topological polar surface area (TPSA) is 38.0 Å². The summed E-state index contributed by atoms with van der Waals surface area (Å²) in [5.41, 5.74) is 5.26. The van der Waals surface area contributed by atoms with Crippen molar-refractivity contribution in [3.8, 4) is 0 Å². The Balaban J connectivity index is 2.83. The summed E-state index contributed by atoms with van der Waals surface area (Å²) < 4.78 is 0. The van der Waals surface area contributed by atoms with E-state index in [2.05, 4.69) is 18.2 Å². The Bertz CT molecular complexity index is 83.1. The first-order chi connectivity index (χ1) is 4.27. The highest BCUT2D eigenvalue weighted by Gasteiger charge is 1.84. The van der Waals surface area contributed by atoms with Crippen molar-refractivity contribution in [2.24, 2.45) is 5.73 Å². The SMILES string of the molecule is C=C(N)NCCCSC. The number of hydrogen-bond acceptors (Lipinski definition) is 3. The van der Waals surface area contributed by atoms with Crippen LogP contribution in [0.4, 0.5) is 0 Å². The molecule has 3 N–H and O–H groups in total. The van der Waals surface area contributed by atoms with Crippen LogP contribution < -0.4 is 11.1 Å². The molecule has 0 atom stereocenters.